The van der Waals surface area contributed by atoms with Gasteiger partial charge in [-0.15, -0.1) is 0 Å². The fraction of sp³-hybridized carbons (Fsp3) is 0.250. The van der Waals surface area contributed by atoms with Gasteiger partial charge in [0, 0.05) is 29.4 Å². The Morgan fingerprint density at radius 3 is 2.46 bits per heavy atom. The normalized spacial score (nSPS) is 22.2. The number of hydrogen-bond acceptors (Lipinski definition) is 0. The first-order valence-corrected chi connectivity index (χ1v) is 9.49. The third-order valence-corrected chi connectivity index (χ3v) is 5.34. The third-order valence-electron chi connectivity index (χ3n) is 5.34. The molecule has 1 aliphatic carbocycles. The SMILES string of the molecule is CCCCc1c(C2([NH])C=CC(c3ccccc3)C=C2)cn2ccccc12. The van der Waals surface area contributed by atoms with Gasteiger partial charge < -0.3 is 4.40 Å². The Labute approximate surface area is 155 Å². The Bertz CT molecular complexity index is 933. The second-order valence-corrected chi connectivity index (χ2v) is 7.14. The van der Waals surface area contributed by atoms with Crippen LogP contribution in [0.5, 0.6) is 0 Å². The van der Waals surface area contributed by atoms with Crippen molar-refractivity contribution >= 4 is 5.52 Å². The Morgan fingerprint density at radius 2 is 1.73 bits per heavy atom. The average molecular weight is 341 g/mol. The third kappa shape index (κ3) is 3.02. The zero-order valence-corrected chi connectivity index (χ0v) is 15.2. The van der Waals surface area contributed by atoms with E-state index in [1.807, 2.05) is 6.07 Å². The van der Waals surface area contributed by atoms with Crippen LogP contribution < -0.4 is 5.73 Å². The van der Waals surface area contributed by atoms with Crippen LogP contribution >= 0.6 is 0 Å². The van der Waals surface area contributed by atoms with Crippen LogP contribution in [-0.4, -0.2) is 4.40 Å². The van der Waals surface area contributed by atoms with E-state index in [9.17, 15) is 0 Å². The molecule has 0 aliphatic heterocycles. The van der Waals surface area contributed by atoms with Gasteiger partial charge in [0.2, 0.25) is 0 Å². The van der Waals surface area contributed by atoms with E-state index in [0.717, 1.165) is 24.8 Å². The molecule has 1 radical (unpaired) electrons. The summed E-state index contributed by atoms with van der Waals surface area (Å²) in [6.45, 7) is 2.22. The van der Waals surface area contributed by atoms with E-state index < -0.39 is 5.54 Å². The lowest BCUT2D eigenvalue weighted by molar-refractivity contribution is 0.652. The Kier molecular flexibility index (Phi) is 4.52. The maximum atomic E-state index is 9.14. The van der Waals surface area contributed by atoms with Gasteiger partial charge in [0.15, 0.2) is 0 Å². The zero-order chi connectivity index (χ0) is 18.0. The van der Waals surface area contributed by atoms with Crippen molar-refractivity contribution in [2.24, 2.45) is 0 Å². The van der Waals surface area contributed by atoms with E-state index >= 15 is 0 Å². The number of benzene rings is 1. The fourth-order valence-electron chi connectivity index (χ4n) is 3.86. The predicted molar refractivity (Wildman–Crippen MR) is 108 cm³/mol. The zero-order valence-electron chi connectivity index (χ0n) is 15.2. The van der Waals surface area contributed by atoms with E-state index in [1.54, 1.807) is 0 Å². The van der Waals surface area contributed by atoms with Crippen molar-refractivity contribution in [3.8, 4) is 0 Å². The first kappa shape index (κ1) is 16.9. The minimum absolute atomic E-state index is 0.255. The monoisotopic (exact) mass is 341 g/mol. The molecule has 2 heteroatoms. The van der Waals surface area contributed by atoms with Gasteiger partial charge in [-0.1, -0.05) is 74.0 Å². The summed E-state index contributed by atoms with van der Waals surface area (Å²) in [5.41, 5.74) is 13.3. The summed E-state index contributed by atoms with van der Waals surface area (Å²) in [5, 5.41) is 0. The topological polar surface area (TPSA) is 28.2 Å². The molecule has 0 amide bonds. The van der Waals surface area contributed by atoms with Gasteiger partial charge in [-0.3, -0.25) is 0 Å². The van der Waals surface area contributed by atoms with Gasteiger partial charge in [-0.25, -0.2) is 5.73 Å². The number of allylic oxidation sites excluding steroid dienone is 2. The molecule has 0 saturated heterocycles. The minimum Gasteiger partial charge on any atom is -0.323 e. The second-order valence-electron chi connectivity index (χ2n) is 7.14. The summed E-state index contributed by atoms with van der Waals surface area (Å²) in [6.07, 6.45) is 16.0. The van der Waals surface area contributed by atoms with Crippen molar-refractivity contribution in [2.75, 3.05) is 0 Å². The predicted octanol–water partition coefficient (Wildman–Crippen LogP) is 5.67. The average Bonchev–Trinajstić information content (AvgIpc) is 3.07. The van der Waals surface area contributed by atoms with E-state index in [-0.39, 0.29) is 5.92 Å². The van der Waals surface area contributed by atoms with Gasteiger partial charge in [0.25, 0.3) is 0 Å². The van der Waals surface area contributed by atoms with Crippen LogP contribution in [0.3, 0.4) is 0 Å². The molecule has 26 heavy (non-hydrogen) atoms. The van der Waals surface area contributed by atoms with Crippen LogP contribution in [0.4, 0.5) is 0 Å². The van der Waals surface area contributed by atoms with E-state index in [0.29, 0.717) is 0 Å². The quantitative estimate of drug-likeness (QED) is 0.535. The van der Waals surface area contributed by atoms with Crippen LogP contribution in [0.15, 0.2) is 85.2 Å². The van der Waals surface area contributed by atoms with Crippen molar-refractivity contribution in [3.05, 3.63) is 102 Å². The highest BCUT2D eigenvalue weighted by atomic mass is 14.9. The highest BCUT2D eigenvalue weighted by Gasteiger charge is 2.30. The number of nitrogens with zero attached hydrogens (tertiary/aromatic N) is 1. The maximum absolute atomic E-state index is 9.14. The molecule has 3 aromatic rings. The summed E-state index contributed by atoms with van der Waals surface area (Å²) in [5.74, 6) is 0.255. The first-order chi connectivity index (χ1) is 12.7. The number of pyridine rings is 1. The summed E-state index contributed by atoms with van der Waals surface area (Å²) in [6, 6.07) is 16.8. The molecule has 1 aromatic carbocycles. The van der Waals surface area contributed by atoms with Gasteiger partial charge in [0.05, 0.1) is 5.54 Å². The lowest BCUT2D eigenvalue weighted by atomic mass is 9.81. The molecule has 2 nitrogen and oxygen atoms in total. The molecule has 2 aromatic heterocycles. The lowest BCUT2D eigenvalue weighted by Crippen LogP contribution is -2.25. The summed E-state index contributed by atoms with van der Waals surface area (Å²) in [4.78, 5) is 0. The number of unbranched alkanes of at least 4 members (excludes halogenated alkanes) is 1. The van der Waals surface area contributed by atoms with Gasteiger partial charge in [-0.05, 0) is 36.1 Å². The molecule has 0 atom stereocenters. The standard InChI is InChI=1S/C24H25N2/c1-2-3-11-21-22(18-26-17-8-7-12-23(21)26)24(25)15-13-20(14-16-24)19-9-5-4-6-10-19/h4-10,12-18,20,25H,2-3,11H2,1H3. The number of rotatable bonds is 5. The van der Waals surface area contributed by atoms with Crippen molar-refractivity contribution in [1.82, 2.24) is 10.1 Å². The van der Waals surface area contributed by atoms with Crippen LogP contribution in [0, 0.1) is 0 Å². The van der Waals surface area contributed by atoms with Gasteiger partial charge in [-0.2, -0.15) is 0 Å². The maximum Gasteiger partial charge on any atom is 0.0953 e. The van der Waals surface area contributed by atoms with Crippen molar-refractivity contribution in [1.29, 1.82) is 0 Å². The molecule has 0 saturated carbocycles. The minimum atomic E-state index is -0.791. The highest BCUT2D eigenvalue weighted by molar-refractivity contribution is 5.63. The largest absolute Gasteiger partial charge is 0.323 e. The number of aromatic nitrogens is 1. The van der Waals surface area contributed by atoms with E-state index in [4.69, 9.17) is 5.73 Å². The lowest BCUT2D eigenvalue weighted by Gasteiger charge is -2.27. The Morgan fingerprint density at radius 1 is 1.00 bits per heavy atom. The molecule has 1 aliphatic rings. The number of hydrogen-bond donors (Lipinski definition) is 0. The Hall–Kier alpha value is -2.58. The summed E-state index contributed by atoms with van der Waals surface area (Å²) < 4.78 is 2.17. The highest BCUT2D eigenvalue weighted by Crippen LogP contribution is 2.36. The van der Waals surface area contributed by atoms with Gasteiger partial charge >= 0.3 is 0 Å². The molecule has 1 N–H and O–H groups in total. The number of aryl methyl sites for hydroxylation is 1. The molecular weight excluding hydrogens is 316 g/mol. The summed E-state index contributed by atoms with van der Waals surface area (Å²) in [7, 11) is 0. The van der Waals surface area contributed by atoms with E-state index in [2.05, 4.69) is 90.5 Å². The molecule has 0 fully saturated rings. The van der Waals surface area contributed by atoms with Crippen LogP contribution in [0.1, 0.15) is 42.4 Å². The second kappa shape index (κ2) is 6.97. The van der Waals surface area contributed by atoms with Crippen molar-refractivity contribution < 1.29 is 0 Å². The van der Waals surface area contributed by atoms with Crippen LogP contribution in [0.2, 0.25) is 0 Å². The molecule has 4 rings (SSSR count). The summed E-state index contributed by atoms with van der Waals surface area (Å²) >= 11 is 0. The molecule has 0 spiro atoms. The number of fused-ring (bicyclic) bond motifs is 1. The fourth-order valence-corrected chi connectivity index (χ4v) is 3.86. The molecule has 131 valence electrons. The van der Waals surface area contributed by atoms with Gasteiger partial charge in [0.1, 0.15) is 0 Å². The van der Waals surface area contributed by atoms with E-state index in [1.165, 1.54) is 16.6 Å². The first-order valence-electron chi connectivity index (χ1n) is 9.49. The molecular formula is C24H25N2. The molecule has 0 bridgehead atoms. The molecule has 2 heterocycles. The Balaban J connectivity index is 1.72. The van der Waals surface area contributed by atoms with Crippen LogP contribution in [-0.2, 0) is 12.0 Å². The molecule has 0 unspecified atom stereocenters. The van der Waals surface area contributed by atoms with Crippen LogP contribution in [0.25, 0.3) is 5.52 Å². The van der Waals surface area contributed by atoms with Crippen molar-refractivity contribution in [3.63, 3.8) is 0 Å². The number of nitrogens with one attached hydrogen (secondary N) is 1. The van der Waals surface area contributed by atoms with Crippen molar-refractivity contribution in [2.45, 2.75) is 37.6 Å². The smallest absolute Gasteiger partial charge is 0.0953 e.